The summed E-state index contributed by atoms with van der Waals surface area (Å²) < 4.78 is 5.20. The zero-order valence-electron chi connectivity index (χ0n) is 10.7. The molecule has 2 N–H and O–H groups in total. The van der Waals surface area contributed by atoms with E-state index in [1.54, 1.807) is 0 Å². The number of hydrogen-bond donors (Lipinski definition) is 1. The summed E-state index contributed by atoms with van der Waals surface area (Å²) in [7, 11) is 0. The number of fused-ring (bicyclic) bond motifs is 1. The van der Waals surface area contributed by atoms with Crippen molar-refractivity contribution in [2.45, 2.75) is 19.4 Å². The summed E-state index contributed by atoms with van der Waals surface area (Å²) >= 11 is 0. The highest BCUT2D eigenvalue weighted by Crippen LogP contribution is 2.18. The zero-order valence-corrected chi connectivity index (χ0v) is 10.7. The molecule has 1 unspecified atom stereocenters. The SMILES string of the molecule is CC(N)c1noc(Cc2ccc3ccccc3c2)n1. The quantitative estimate of drug-likeness (QED) is 0.779. The maximum absolute atomic E-state index is 5.71. The second kappa shape index (κ2) is 4.82. The molecule has 0 spiro atoms. The predicted octanol–water partition coefficient (Wildman–Crippen LogP) is 2.83. The van der Waals surface area contributed by atoms with Crippen molar-refractivity contribution < 1.29 is 4.52 Å². The van der Waals surface area contributed by atoms with Crippen LogP contribution in [0.4, 0.5) is 0 Å². The molecular formula is C15H15N3O. The number of aromatic nitrogens is 2. The minimum absolute atomic E-state index is 0.200. The molecule has 0 aliphatic heterocycles. The molecule has 0 aliphatic carbocycles. The van der Waals surface area contributed by atoms with E-state index in [0.29, 0.717) is 18.1 Å². The normalized spacial score (nSPS) is 12.7. The molecule has 96 valence electrons. The van der Waals surface area contributed by atoms with Crippen molar-refractivity contribution >= 4 is 10.8 Å². The molecule has 1 atom stereocenters. The van der Waals surface area contributed by atoms with Crippen LogP contribution in [0.25, 0.3) is 10.8 Å². The second-order valence-corrected chi connectivity index (χ2v) is 4.69. The van der Waals surface area contributed by atoms with Crippen LogP contribution >= 0.6 is 0 Å². The first-order chi connectivity index (χ1) is 9.22. The Morgan fingerprint density at radius 2 is 1.95 bits per heavy atom. The van der Waals surface area contributed by atoms with Crippen molar-refractivity contribution in [2.75, 3.05) is 0 Å². The molecule has 3 rings (SSSR count). The van der Waals surface area contributed by atoms with Crippen LogP contribution in [-0.4, -0.2) is 10.1 Å². The molecule has 0 radical (unpaired) electrons. The smallest absolute Gasteiger partial charge is 0.231 e. The lowest BCUT2D eigenvalue weighted by Gasteiger charge is -2.01. The Hall–Kier alpha value is -2.20. The fourth-order valence-corrected chi connectivity index (χ4v) is 2.05. The largest absolute Gasteiger partial charge is 0.339 e. The van der Waals surface area contributed by atoms with E-state index in [-0.39, 0.29) is 6.04 Å². The van der Waals surface area contributed by atoms with Gasteiger partial charge in [0, 0.05) is 0 Å². The monoisotopic (exact) mass is 253 g/mol. The van der Waals surface area contributed by atoms with E-state index < -0.39 is 0 Å². The fraction of sp³-hybridized carbons (Fsp3) is 0.200. The Morgan fingerprint density at radius 1 is 1.16 bits per heavy atom. The lowest BCUT2D eigenvalue weighted by molar-refractivity contribution is 0.377. The van der Waals surface area contributed by atoms with Crippen molar-refractivity contribution in [3.05, 3.63) is 59.7 Å². The second-order valence-electron chi connectivity index (χ2n) is 4.69. The summed E-state index contributed by atoms with van der Waals surface area (Å²) in [5.74, 6) is 1.15. The van der Waals surface area contributed by atoms with Crippen molar-refractivity contribution in [2.24, 2.45) is 5.73 Å². The Balaban J connectivity index is 1.87. The Kier molecular flexibility index (Phi) is 3.01. The third kappa shape index (κ3) is 2.48. The summed E-state index contributed by atoms with van der Waals surface area (Å²) in [6.07, 6.45) is 0.630. The van der Waals surface area contributed by atoms with Crippen LogP contribution in [0.2, 0.25) is 0 Å². The van der Waals surface area contributed by atoms with Crippen molar-refractivity contribution in [1.82, 2.24) is 10.1 Å². The molecule has 0 fully saturated rings. The van der Waals surface area contributed by atoms with E-state index >= 15 is 0 Å². The van der Waals surface area contributed by atoms with Gasteiger partial charge in [0.25, 0.3) is 0 Å². The first-order valence-electron chi connectivity index (χ1n) is 6.28. The van der Waals surface area contributed by atoms with E-state index in [9.17, 15) is 0 Å². The van der Waals surface area contributed by atoms with Crippen molar-refractivity contribution in [3.8, 4) is 0 Å². The van der Waals surface area contributed by atoms with E-state index in [4.69, 9.17) is 10.3 Å². The van der Waals surface area contributed by atoms with Gasteiger partial charge in [-0.25, -0.2) is 0 Å². The van der Waals surface area contributed by atoms with Crippen LogP contribution in [0.1, 0.15) is 30.2 Å². The molecule has 19 heavy (non-hydrogen) atoms. The van der Waals surface area contributed by atoms with Gasteiger partial charge in [0.15, 0.2) is 5.82 Å². The van der Waals surface area contributed by atoms with Gasteiger partial charge in [0.1, 0.15) is 0 Å². The summed E-state index contributed by atoms with van der Waals surface area (Å²) in [5.41, 5.74) is 6.86. The molecule has 0 saturated heterocycles. The number of hydrogen-bond acceptors (Lipinski definition) is 4. The summed E-state index contributed by atoms with van der Waals surface area (Å²) in [5, 5.41) is 6.31. The average molecular weight is 253 g/mol. The first kappa shape index (κ1) is 11.9. The molecule has 1 heterocycles. The van der Waals surface area contributed by atoms with Gasteiger partial charge < -0.3 is 10.3 Å². The van der Waals surface area contributed by atoms with Gasteiger partial charge in [0.05, 0.1) is 12.5 Å². The highest BCUT2D eigenvalue weighted by molar-refractivity contribution is 5.83. The lowest BCUT2D eigenvalue weighted by Crippen LogP contribution is -2.06. The van der Waals surface area contributed by atoms with E-state index in [1.165, 1.54) is 10.8 Å². The summed E-state index contributed by atoms with van der Waals surface area (Å²) in [4.78, 5) is 4.28. The molecule has 4 heteroatoms. The predicted molar refractivity (Wildman–Crippen MR) is 73.7 cm³/mol. The van der Waals surface area contributed by atoms with Gasteiger partial charge in [0.2, 0.25) is 5.89 Å². The minimum atomic E-state index is -0.200. The first-order valence-corrected chi connectivity index (χ1v) is 6.28. The van der Waals surface area contributed by atoms with Crippen LogP contribution in [0, 0.1) is 0 Å². The van der Waals surface area contributed by atoms with Crippen LogP contribution in [0.15, 0.2) is 47.0 Å². The van der Waals surface area contributed by atoms with E-state index in [2.05, 4.69) is 40.5 Å². The topological polar surface area (TPSA) is 64.9 Å². The molecule has 0 amide bonds. The molecule has 0 aliphatic rings. The van der Waals surface area contributed by atoms with E-state index in [1.807, 2.05) is 19.1 Å². The van der Waals surface area contributed by atoms with Gasteiger partial charge in [-0.2, -0.15) is 4.98 Å². The van der Waals surface area contributed by atoms with E-state index in [0.717, 1.165) is 5.56 Å². The van der Waals surface area contributed by atoms with Gasteiger partial charge in [-0.05, 0) is 23.3 Å². The number of benzene rings is 2. The molecule has 0 saturated carbocycles. The molecular weight excluding hydrogens is 238 g/mol. The van der Waals surface area contributed by atoms with Gasteiger partial charge in [-0.15, -0.1) is 0 Å². The molecule has 1 aromatic heterocycles. The van der Waals surface area contributed by atoms with Crippen LogP contribution in [-0.2, 0) is 6.42 Å². The van der Waals surface area contributed by atoms with Crippen LogP contribution in [0.3, 0.4) is 0 Å². The fourth-order valence-electron chi connectivity index (χ4n) is 2.05. The average Bonchev–Trinajstić information content (AvgIpc) is 2.87. The third-order valence-electron chi connectivity index (χ3n) is 3.06. The molecule has 4 nitrogen and oxygen atoms in total. The minimum Gasteiger partial charge on any atom is -0.339 e. The molecule has 0 bridgehead atoms. The van der Waals surface area contributed by atoms with Crippen molar-refractivity contribution in [3.63, 3.8) is 0 Å². The standard InChI is InChI=1S/C15H15N3O/c1-10(16)15-17-14(19-18-15)9-11-6-7-12-4-2-3-5-13(12)8-11/h2-8,10H,9,16H2,1H3. The number of nitrogens with zero attached hydrogens (tertiary/aromatic N) is 2. The lowest BCUT2D eigenvalue weighted by atomic mass is 10.1. The Bertz CT molecular complexity index is 703. The van der Waals surface area contributed by atoms with Gasteiger partial charge >= 0.3 is 0 Å². The molecule has 2 aromatic carbocycles. The number of rotatable bonds is 3. The molecule has 3 aromatic rings. The van der Waals surface area contributed by atoms with Crippen LogP contribution < -0.4 is 5.73 Å². The maximum atomic E-state index is 5.71. The highest BCUT2D eigenvalue weighted by atomic mass is 16.5. The summed E-state index contributed by atoms with van der Waals surface area (Å²) in [6, 6.07) is 14.4. The maximum Gasteiger partial charge on any atom is 0.231 e. The zero-order chi connectivity index (χ0) is 13.2. The summed E-state index contributed by atoms with van der Waals surface area (Å²) in [6.45, 7) is 1.84. The number of nitrogens with two attached hydrogens (primary N) is 1. The van der Waals surface area contributed by atoms with Crippen molar-refractivity contribution in [1.29, 1.82) is 0 Å². The van der Waals surface area contributed by atoms with Crippen LogP contribution in [0.5, 0.6) is 0 Å². The highest BCUT2D eigenvalue weighted by Gasteiger charge is 2.10. The Labute approximate surface area is 111 Å². The Morgan fingerprint density at radius 3 is 2.68 bits per heavy atom. The van der Waals surface area contributed by atoms with Gasteiger partial charge in [-0.3, -0.25) is 0 Å². The third-order valence-corrected chi connectivity index (χ3v) is 3.06. The van der Waals surface area contributed by atoms with Gasteiger partial charge in [-0.1, -0.05) is 47.6 Å².